The third kappa shape index (κ3) is 2.29. The van der Waals surface area contributed by atoms with Gasteiger partial charge in [0.15, 0.2) is 0 Å². The monoisotopic (exact) mass is 288 g/mol. The van der Waals surface area contributed by atoms with Crippen LogP contribution in [0.15, 0.2) is 12.1 Å². The number of hydrogen-bond acceptors (Lipinski definition) is 2. The van der Waals surface area contributed by atoms with Crippen molar-refractivity contribution in [3.8, 4) is 11.3 Å². The van der Waals surface area contributed by atoms with Crippen LogP contribution in [0.1, 0.15) is 41.3 Å². The van der Waals surface area contributed by atoms with Gasteiger partial charge in [-0.05, 0) is 50.8 Å². The fourth-order valence-electron chi connectivity index (χ4n) is 2.58. The van der Waals surface area contributed by atoms with Gasteiger partial charge >= 0.3 is 0 Å². The molecule has 0 amide bonds. The maximum atomic E-state index is 14.4. The molecule has 1 fully saturated rings. The van der Waals surface area contributed by atoms with E-state index in [2.05, 4.69) is 9.97 Å². The average Bonchev–Trinajstić information content (AvgIpc) is 3.17. The Morgan fingerprint density at radius 3 is 2.55 bits per heavy atom. The molecule has 0 aliphatic heterocycles. The summed E-state index contributed by atoms with van der Waals surface area (Å²) in [6.07, 6.45) is 2.27. The van der Waals surface area contributed by atoms with Crippen LogP contribution in [-0.4, -0.2) is 9.97 Å². The van der Waals surface area contributed by atoms with Gasteiger partial charge in [0, 0.05) is 17.0 Å². The summed E-state index contributed by atoms with van der Waals surface area (Å²) in [6.45, 7) is 5.73. The van der Waals surface area contributed by atoms with Gasteiger partial charge in [0.25, 0.3) is 0 Å². The molecule has 1 aliphatic rings. The second-order valence-electron chi connectivity index (χ2n) is 5.64. The van der Waals surface area contributed by atoms with E-state index in [1.165, 1.54) is 0 Å². The first-order valence-corrected chi connectivity index (χ1v) is 7.26. The van der Waals surface area contributed by atoms with Gasteiger partial charge in [-0.2, -0.15) is 0 Å². The molecule has 104 valence electrons. The van der Waals surface area contributed by atoms with E-state index in [9.17, 15) is 4.39 Å². The molecule has 1 aromatic heterocycles. The van der Waals surface area contributed by atoms with E-state index in [1.807, 2.05) is 26.8 Å². The van der Waals surface area contributed by atoms with Gasteiger partial charge in [0.1, 0.15) is 16.3 Å². The van der Waals surface area contributed by atoms with Crippen molar-refractivity contribution < 1.29 is 4.39 Å². The van der Waals surface area contributed by atoms with Crippen molar-refractivity contribution in [3.63, 3.8) is 0 Å². The maximum Gasteiger partial charge on any atom is 0.133 e. The van der Waals surface area contributed by atoms with E-state index in [1.54, 1.807) is 6.07 Å². The Kier molecular flexibility index (Phi) is 3.21. The highest BCUT2D eigenvalue weighted by Gasteiger charge is 2.27. The quantitative estimate of drug-likeness (QED) is 0.808. The van der Waals surface area contributed by atoms with Gasteiger partial charge in [-0.1, -0.05) is 18.3 Å². The van der Waals surface area contributed by atoms with Crippen molar-refractivity contribution in [2.75, 3.05) is 0 Å². The number of H-pyrrole nitrogens is 1. The lowest BCUT2D eigenvalue weighted by Gasteiger charge is -2.13. The van der Waals surface area contributed by atoms with Crippen molar-refractivity contribution in [2.24, 2.45) is 0 Å². The van der Waals surface area contributed by atoms with E-state index in [0.29, 0.717) is 16.1 Å². The summed E-state index contributed by atoms with van der Waals surface area (Å²) < 4.78 is 15.0. The van der Waals surface area contributed by atoms with Crippen molar-refractivity contribution in [3.05, 3.63) is 45.1 Å². The molecular weight excluding hydrogens is 271 g/mol. The number of nitrogens with one attached hydrogen (secondary N) is 1. The molecule has 1 N–H and O–H groups in total. The molecule has 0 unspecified atom stereocenters. The van der Waals surface area contributed by atoms with Gasteiger partial charge < -0.3 is 4.98 Å². The van der Waals surface area contributed by atoms with Gasteiger partial charge in [0.05, 0.1) is 5.69 Å². The summed E-state index contributed by atoms with van der Waals surface area (Å²) in [6, 6.07) is 3.56. The fourth-order valence-corrected chi connectivity index (χ4v) is 2.78. The first-order valence-electron chi connectivity index (χ1n) is 6.85. The lowest BCUT2D eigenvalue weighted by Crippen LogP contribution is -2.02. The van der Waals surface area contributed by atoms with E-state index in [-0.39, 0.29) is 5.82 Å². The Morgan fingerprint density at radius 2 is 1.95 bits per heavy atom. The molecule has 2 nitrogen and oxygen atoms in total. The van der Waals surface area contributed by atoms with Crippen LogP contribution >= 0.6 is 12.2 Å². The molecule has 4 heteroatoms. The minimum absolute atomic E-state index is 0.204. The Hall–Kier alpha value is -1.55. The molecule has 2 aromatic rings. The highest BCUT2D eigenvalue weighted by atomic mass is 32.1. The molecule has 1 saturated carbocycles. The second-order valence-corrected chi connectivity index (χ2v) is 6.03. The van der Waals surface area contributed by atoms with Crippen LogP contribution in [0.4, 0.5) is 4.39 Å². The third-order valence-electron chi connectivity index (χ3n) is 3.82. The Labute approximate surface area is 123 Å². The Morgan fingerprint density at radius 1 is 1.25 bits per heavy atom. The van der Waals surface area contributed by atoms with Gasteiger partial charge in [0.2, 0.25) is 0 Å². The van der Waals surface area contributed by atoms with Crippen LogP contribution in [0.25, 0.3) is 11.3 Å². The Bertz CT molecular complexity index is 722. The van der Waals surface area contributed by atoms with Crippen LogP contribution in [0, 0.1) is 31.2 Å². The lowest BCUT2D eigenvalue weighted by molar-refractivity contribution is 0.628. The minimum atomic E-state index is -0.204. The summed E-state index contributed by atoms with van der Waals surface area (Å²) in [7, 11) is 0. The topological polar surface area (TPSA) is 28.7 Å². The number of benzene rings is 1. The number of halogens is 1. The van der Waals surface area contributed by atoms with E-state index in [4.69, 9.17) is 12.2 Å². The molecule has 3 rings (SSSR count). The number of nitrogens with zero attached hydrogens (tertiary/aromatic N) is 1. The molecule has 1 heterocycles. The zero-order chi connectivity index (χ0) is 14.4. The first-order chi connectivity index (χ1) is 9.47. The molecular formula is C16H17FN2S. The smallest absolute Gasteiger partial charge is 0.133 e. The number of aromatic amines is 1. The highest BCUT2D eigenvalue weighted by Crippen LogP contribution is 2.39. The molecule has 1 aliphatic carbocycles. The van der Waals surface area contributed by atoms with Crippen molar-refractivity contribution >= 4 is 12.2 Å². The molecule has 0 atom stereocenters. The molecule has 1 aromatic carbocycles. The van der Waals surface area contributed by atoms with E-state index in [0.717, 1.165) is 41.1 Å². The van der Waals surface area contributed by atoms with Gasteiger partial charge in [-0.3, -0.25) is 0 Å². The number of hydrogen-bond donors (Lipinski definition) is 1. The van der Waals surface area contributed by atoms with Crippen LogP contribution in [0.2, 0.25) is 0 Å². The normalized spacial score (nSPS) is 14.6. The standard InChI is InChI=1S/C16H17FN2S/c1-8-6-9(2)13(12(17)7-8)14-10(3)16(20)19-15(18-14)11-4-5-11/h6-7,11H,4-5H2,1-3H3,(H,18,19,20). The summed E-state index contributed by atoms with van der Waals surface area (Å²) in [5, 5.41) is 0. The van der Waals surface area contributed by atoms with Crippen LogP contribution in [-0.2, 0) is 0 Å². The lowest BCUT2D eigenvalue weighted by atomic mass is 9.99. The Balaban J connectivity index is 2.26. The van der Waals surface area contributed by atoms with Crippen LogP contribution in [0.3, 0.4) is 0 Å². The predicted molar refractivity (Wildman–Crippen MR) is 81.0 cm³/mol. The van der Waals surface area contributed by atoms with E-state index < -0.39 is 0 Å². The highest BCUT2D eigenvalue weighted by molar-refractivity contribution is 7.71. The molecule has 0 saturated heterocycles. The first kappa shape index (κ1) is 13.4. The van der Waals surface area contributed by atoms with Crippen molar-refractivity contribution in [2.45, 2.75) is 39.5 Å². The van der Waals surface area contributed by atoms with Crippen molar-refractivity contribution in [1.29, 1.82) is 0 Å². The number of aromatic nitrogens is 2. The summed E-state index contributed by atoms with van der Waals surface area (Å²) >= 11 is 5.33. The zero-order valence-electron chi connectivity index (χ0n) is 11.9. The largest absolute Gasteiger partial charge is 0.343 e. The van der Waals surface area contributed by atoms with Crippen molar-refractivity contribution in [1.82, 2.24) is 9.97 Å². The summed E-state index contributed by atoms with van der Waals surface area (Å²) in [5.74, 6) is 1.16. The van der Waals surface area contributed by atoms with Crippen LogP contribution < -0.4 is 0 Å². The predicted octanol–water partition coefficient (Wildman–Crippen LogP) is 4.75. The van der Waals surface area contributed by atoms with Gasteiger partial charge in [-0.15, -0.1) is 0 Å². The fraction of sp³-hybridized carbons (Fsp3) is 0.375. The zero-order valence-corrected chi connectivity index (χ0v) is 12.7. The molecule has 0 radical (unpaired) electrons. The van der Waals surface area contributed by atoms with Crippen LogP contribution in [0.5, 0.6) is 0 Å². The second kappa shape index (κ2) is 4.77. The SMILES string of the molecule is Cc1cc(C)c(-c2[nH]c(C3CC3)nc(=S)c2C)c(F)c1. The van der Waals surface area contributed by atoms with E-state index >= 15 is 0 Å². The summed E-state index contributed by atoms with van der Waals surface area (Å²) in [5.41, 5.74) is 4.08. The summed E-state index contributed by atoms with van der Waals surface area (Å²) in [4.78, 5) is 7.75. The number of rotatable bonds is 2. The van der Waals surface area contributed by atoms with Gasteiger partial charge in [-0.25, -0.2) is 9.37 Å². The number of aryl methyl sites for hydroxylation is 2. The molecule has 20 heavy (non-hydrogen) atoms. The average molecular weight is 288 g/mol. The molecule has 0 bridgehead atoms. The minimum Gasteiger partial charge on any atom is -0.343 e. The molecule has 0 spiro atoms. The third-order valence-corrected chi connectivity index (χ3v) is 4.21. The maximum absolute atomic E-state index is 14.4.